The molecule has 2 heterocycles. The van der Waals surface area contributed by atoms with Gasteiger partial charge in [-0.05, 0) is 18.2 Å². The van der Waals surface area contributed by atoms with E-state index in [1.165, 1.54) is 12.1 Å². The van der Waals surface area contributed by atoms with Gasteiger partial charge in [0.05, 0.1) is 0 Å². The molecule has 1 saturated heterocycles. The average molecular weight is 342 g/mol. The molecule has 9 heteroatoms. The Morgan fingerprint density at radius 1 is 1.12 bits per heavy atom. The molecule has 1 aromatic carbocycles. The van der Waals surface area contributed by atoms with Crippen molar-refractivity contribution in [1.29, 1.82) is 0 Å². The highest BCUT2D eigenvalue weighted by molar-refractivity contribution is 5.50. The SMILES string of the molecule is Fc1cc(N2CCNCC2)ccc1Oc1nccc(C(F)(F)F)n1. The van der Waals surface area contributed by atoms with Crippen molar-refractivity contribution in [2.45, 2.75) is 6.18 Å². The molecule has 0 bridgehead atoms. The molecule has 0 atom stereocenters. The first kappa shape index (κ1) is 16.4. The molecule has 0 aliphatic carbocycles. The molecule has 24 heavy (non-hydrogen) atoms. The lowest BCUT2D eigenvalue weighted by molar-refractivity contribution is -0.141. The number of aromatic nitrogens is 2. The van der Waals surface area contributed by atoms with E-state index in [2.05, 4.69) is 15.3 Å². The number of piperazine rings is 1. The molecule has 1 aromatic heterocycles. The van der Waals surface area contributed by atoms with E-state index in [0.717, 1.165) is 38.4 Å². The van der Waals surface area contributed by atoms with Crippen LogP contribution in [-0.2, 0) is 6.18 Å². The van der Waals surface area contributed by atoms with E-state index in [4.69, 9.17) is 4.74 Å². The maximum atomic E-state index is 14.2. The summed E-state index contributed by atoms with van der Waals surface area (Å²) in [5.74, 6) is -0.916. The number of anilines is 1. The van der Waals surface area contributed by atoms with Crippen LogP contribution >= 0.6 is 0 Å². The maximum absolute atomic E-state index is 14.2. The third kappa shape index (κ3) is 3.73. The molecule has 0 amide bonds. The van der Waals surface area contributed by atoms with Crippen LogP contribution < -0.4 is 15.0 Å². The Balaban J connectivity index is 1.78. The van der Waals surface area contributed by atoms with Crippen LogP contribution in [0, 0.1) is 5.82 Å². The number of halogens is 4. The van der Waals surface area contributed by atoms with Gasteiger partial charge in [-0.15, -0.1) is 0 Å². The lowest BCUT2D eigenvalue weighted by Crippen LogP contribution is -2.43. The zero-order chi connectivity index (χ0) is 17.2. The van der Waals surface area contributed by atoms with Crippen molar-refractivity contribution < 1.29 is 22.3 Å². The molecule has 1 N–H and O–H groups in total. The predicted molar refractivity (Wildman–Crippen MR) is 78.6 cm³/mol. The summed E-state index contributed by atoms with van der Waals surface area (Å²) < 4.78 is 57.1. The van der Waals surface area contributed by atoms with Gasteiger partial charge in [-0.1, -0.05) is 0 Å². The van der Waals surface area contributed by atoms with Gasteiger partial charge in [-0.3, -0.25) is 0 Å². The van der Waals surface area contributed by atoms with E-state index < -0.39 is 23.7 Å². The molecule has 0 spiro atoms. The van der Waals surface area contributed by atoms with Crippen LogP contribution in [0.15, 0.2) is 30.5 Å². The molecule has 0 radical (unpaired) electrons. The molecule has 5 nitrogen and oxygen atoms in total. The largest absolute Gasteiger partial charge is 0.433 e. The van der Waals surface area contributed by atoms with Gasteiger partial charge in [0.15, 0.2) is 17.3 Å². The second-order valence-corrected chi connectivity index (χ2v) is 5.18. The number of hydrogen-bond donors (Lipinski definition) is 1. The fourth-order valence-electron chi connectivity index (χ4n) is 2.34. The maximum Gasteiger partial charge on any atom is 0.433 e. The number of nitrogens with one attached hydrogen (secondary N) is 1. The van der Waals surface area contributed by atoms with E-state index in [-0.39, 0.29) is 5.75 Å². The lowest BCUT2D eigenvalue weighted by atomic mass is 10.2. The van der Waals surface area contributed by atoms with Crippen molar-refractivity contribution in [1.82, 2.24) is 15.3 Å². The van der Waals surface area contributed by atoms with Crippen molar-refractivity contribution in [3.63, 3.8) is 0 Å². The summed E-state index contributed by atoms with van der Waals surface area (Å²) in [6, 6.07) is 4.46. The summed E-state index contributed by atoms with van der Waals surface area (Å²) in [6.45, 7) is 3.10. The van der Waals surface area contributed by atoms with Crippen molar-refractivity contribution in [2.75, 3.05) is 31.1 Å². The minimum Gasteiger partial charge on any atom is -0.421 e. The van der Waals surface area contributed by atoms with Gasteiger partial charge in [0.2, 0.25) is 0 Å². The number of hydrogen-bond acceptors (Lipinski definition) is 5. The van der Waals surface area contributed by atoms with Crippen molar-refractivity contribution in [3.8, 4) is 11.8 Å². The van der Waals surface area contributed by atoms with Crippen LogP contribution in [0.5, 0.6) is 11.8 Å². The van der Waals surface area contributed by atoms with Crippen molar-refractivity contribution in [3.05, 3.63) is 42.0 Å². The van der Waals surface area contributed by atoms with Crippen LogP contribution in [0.1, 0.15) is 5.69 Å². The summed E-state index contributed by atoms with van der Waals surface area (Å²) in [7, 11) is 0. The Kier molecular flexibility index (Phi) is 4.52. The molecule has 128 valence electrons. The lowest BCUT2D eigenvalue weighted by Gasteiger charge is -2.29. The minimum atomic E-state index is -4.62. The van der Waals surface area contributed by atoms with Gasteiger partial charge >= 0.3 is 12.2 Å². The Hall–Kier alpha value is -2.42. The smallest absolute Gasteiger partial charge is 0.421 e. The molecule has 2 aromatic rings. The van der Waals surface area contributed by atoms with Gasteiger partial charge in [0, 0.05) is 44.1 Å². The van der Waals surface area contributed by atoms with Crippen LogP contribution in [0.3, 0.4) is 0 Å². The molecular weight excluding hydrogens is 328 g/mol. The quantitative estimate of drug-likeness (QED) is 0.870. The van der Waals surface area contributed by atoms with Crippen LogP contribution in [0.25, 0.3) is 0 Å². The third-order valence-corrected chi connectivity index (χ3v) is 3.52. The first-order valence-corrected chi connectivity index (χ1v) is 7.27. The zero-order valence-electron chi connectivity index (χ0n) is 12.5. The number of nitrogens with zero attached hydrogens (tertiary/aromatic N) is 3. The number of ether oxygens (including phenoxy) is 1. The summed E-state index contributed by atoms with van der Waals surface area (Å²) in [5.41, 5.74) is -0.461. The summed E-state index contributed by atoms with van der Waals surface area (Å²) in [5, 5.41) is 3.19. The first-order valence-electron chi connectivity index (χ1n) is 7.27. The van der Waals surface area contributed by atoms with Crippen molar-refractivity contribution in [2.24, 2.45) is 0 Å². The molecule has 1 aliphatic heterocycles. The summed E-state index contributed by atoms with van der Waals surface area (Å²) in [4.78, 5) is 8.84. The standard InChI is InChI=1S/C15H14F4N4O/c16-11-9-10(23-7-5-20-6-8-23)1-2-12(11)24-14-21-4-3-13(22-14)15(17,18)19/h1-4,9,20H,5-8H2. The Labute approximate surface area is 135 Å². The van der Waals surface area contributed by atoms with Gasteiger partial charge in [-0.2, -0.15) is 18.2 Å². The first-order chi connectivity index (χ1) is 11.4. The minimum absolute atomic E-state index is 0.229. The molecule has 1 fully saturated rings. The topological polar surface area (TPSA) is 50.3 Å². The number of alkyl halides is 3. The Bertz CT molecular complexity index is 717. The molecule has 0 saturated carbocycles. The average Bonchev–Trinajstić information content (AvgIpc) is 2.57. The summed E-state index contributed by atoms with van der Waals surface area (Å²) >= 11 is 0. The van der Waals surface area contributed by atoms with Gasteiger partial charge in [0.25, 0.3) is 0 Å². The molecule has 1 aliphatic rings. The predicted octanol–water partition coefficient (Wildman–Crippen LogP) is 2.84. The fourth-order valence-corrected chi connectivity index (χ4v) is 2.34. The van der Waals surface area contributed by atoms with Crippen LogP contribution in [-0.4, -0.2) is 36.1 Å². The zero-order valence-corrected chi connectivity index (χ0v) is 12.5. The van der Waals surface area contributed by atoms with Crippen LogP contribution in [0.4, 0.5) is 23.2 Å². The summed E-state index contributed by atoms with van der Waals surface area (Å²) in [6.07, 6.45) is -3.70. The van der Waals surface area contributed by atoms with Gasteiger partial charge in [-0.25, -0.2) is 9.37 Å². The van der Waals surface area contributed by atoms with E-state index in [1.54, 1.807) is 6.07 Å². The normalized spacial score (nSPS) is 15.4. The van der Waals surface area contributed by atoms with E-state index in [9.17, 15) is 17.6 Å². The number of benzene rings is 1. The molecule has 3 rings (SSSR count). The highest BCUT2D eigenvalue weighted by atomic mass is 19.4. The molecular formula is C15H14F4N4O. The second-order valence-electron chi connectivity index (χ2n) is 5.18. The van der Waals surface area contributed by atoms with Gasteiger partial charge < -0.3 is 15.0 Å². The highest BCUT2D eigenvalue weighted by Crippen LogP contribution is 2.30. The molecule has 0 unspecified atom stereocenters. The van der Waals surface area contributed by atoms with E-state index in [1.807, 2.05) is 4.90 Å². The second kappa shape index (κ2) is 6.60. The number of rotatable bonds is 3. The van der Waals surface area contributed by atoms with E-state index >= 15 is 0 Å². The van der Waals surface area contributed by atoms with Crippen molar-refractivity contribution >= 4 is 5.69 Å². The third-order valence-electron chi connectivity index (χ3n) is 3.52. The Morgan fingerprint density at radius 2 is 1.88 bits per heavy atom. The fraction of sp³-hybridized carbons (Fsp3) is 0.333. The van der Waals surface area contributed by atoms with Gasteiger partial charge in [0.1, 0.15) is 0 Å². The monoisotopic (exact) mass is 342 g/mol. The Morgan fingerprint density at radius 3 is 2.54 bits per heavy atom. The highest BCUT2D eigenvalue weighted by Gasteiger charge is 2.33. The van der Waals surface area contributed by atoms with Crippen LogP contribution in [0.2, 0.25) is 0 Å². The van der Waals surface area contributed by atoms with E-state index in [0.29, 0.717) is 5.69 Å².